The van der Waals surface area contributed by atoms with Crippen LogP contribution < -0.4 is 10.2 Å². The molecule has 7 heteroatoms. The number of aromatic nitrogens is 1. The fourth-order valence-electron chi connectivity index (χ4n) is 3.19. The second-order valence-electron chi connectivity index (χ2n) is 6.24. The van der Waals surface area contributed by atoms with Gasteiger partial charge in [-0.15, -0.1) is 0 Å². The summed E-state index contributed by atoms with van der Waals surface area (Å²) < 4.78 is 26.0. The summed E-state index contributed by atoms with van der Waals surface area (Å²) in [6.07, 6.45) is 1.50. The number of fused-ring (bicyclic) bond motifs is 1. The molecule has 1 aliphatic heterocycles. The summed E-state index contributed by atoms with van der Waals surface area (Å²) in [5, 5.41) is 7.48. The lowest BCUT2D eigenvalue weighted by Crippen LogP contribution is -2.46. The highest BCUT2D eigenvalue weighted by Crippen LogP contribution is 2.35. The van der Waals surface area contributed by atoms with Crippen molar-refractivity contribution in [3.8, 4) is 0 Å². The molecule has 24 heavy (non-hydrogen) atoms. The first kappa shape index (κ1) is 16.7. The van der Waals surface area contributed by atoms with Gasteiger partial charge in [0.25, 0.3) is 0 Å². The van der Waals surface area contributed by atoms with Gasteiger partial charge >= 0.3 is 0 Å². The first-order valence-corrected chi connectivity index (χ1v) is 8.26. The highest BCUT2D eigenvalue weighted by molar-refractivity contribution is 5.98. The average molecular weight is 335 g/mol. The Bertz CT molecular complexity index is 736. The van der Waals surface area contributed by atoms with Gasteiger partial charge in [-0.1, -0.05) is 12.1 Å². The van der Waals surface area contributed by atoms with Gasteiger partial charge in [0.1, 0.15) is 0 Å². The molecule has 0 unspecified atom stereocenters. The first-order chi connectivity index (χ1) is 11.5. The Morgan fingerprint density at radius 1 is 1.42 bits per heavy atom. The fourth-order valence-corrected chi connectivity index (χ4v) is 3.19. The fraction of sp³-hybridized carbons (Fsp3) is 0.529. The highest BCUT2D eigenvalue weighted by atomic mass is 19.1. The largest absolute Gasteiger partial charge is 0.372 e. The van der Waals surface area contributed by atoms with Crippen molar-refractivity contribution in [2.45, 2.75) is 39.4 Å². The number of benzene rings is 1. The van der Waals surface area contributed by atoms with Gasteiger partial charge in [0.15, 0.2) is 17.9 Å². The Hall–Kier alpha value is -2.15. The van der Waals surface area contributed by atoms with E-state index in [1.54, 1.807) is 6.07 Å². The third-order valence-electron chi connectivity index (χ3n) is 4.11. The van der Waals surface area contributed by atoms with E-state index in [4.69, 9.17) is 9.26 Å². The van der Waals surface area contributed by atoms with E-state index in [1.165, 1.54) is 0 Å². The topological polar surface area (TPSA) is 67.6 Å². The lowest BCUT2D eigenvalue weighted by atomic mass is 10.1. The van der Waals surface area contributed by atoms with E-state index in [0.29, 0.717) is 42.7 Å². The summed E-state index contributed by atoms with van der Waals surface area (Å²) in [5.74, 6) is -0.0861. The third-order valence-corrected chi connectivity index (χ3v) is 4.11. The number of rotatable bonds is 5. The van der Waals surface area contributed by atoms with E-state index in [1.807, 2.05) is 25.7 Å². The number of morpholine rings is 1. The zero-order chi connectivity index (χ0) is 17.3. The number of carbonyl (C=O) groups is 1. The molecule has 1 aromatic carbocycles. The summed E-state index contributed by atoms with van der Waals surface area (Å²) in [6, 6.07) is 1.64. The molecule has 2 aromatic rings. The van der Waals surface area contributed by atoms with Crippen LogP contribution in [-0.2, 0) is 4.74 Å². The van der Waals surface area contributed by atoms with Crippen molar-refractivity contribution in [3.05, 3.63) is 17.4 Å². The molecule has 0 bridgehead atoms. The van der Waals surface area contributed by atoms with E-state index in [-0.39, 0.29) is 23.5 Å². The van der Waals surface area contributed by atoms with Crippen molar-refractivity contribution in [1.29, 1.82) is 0 Å². The van der Waals surface area contributed by atoms with E-state index in [0.717, 1.165) is 6.42 Å². The predicted molar refractivity (Wildman–Crippen MR) is 90.4 cm³/mol. The smallest absolute Gasteiger partial charge is 0.206 e. The number of nitrogens with zero attached hydrogens (tertiary/aromatic N) is 2. The molecule has 0 spiro atoms. The zero-order valence-corrected chi connectivity index (χ0v) is 14.1. The molecular formula is C17H22FN3O3. The standard InChI is InChI=1S/C17H22FN3O3/c1-4-5-19-17-13-6-12(9-22)15(14(18)16(13)24-20-17)21-7-10(2)23-11(3)8-21/h6,9-11H,4-5,7-8H2,1-3H3,(H,19,20)/t10-,11+. The normalized spacial score (nSPS) is 21.2. The average Bonchev–Trinajstić information content (AvgIpc) is 2.94. The van der Waals surface area contributed by atoms with Crippen LogP contribution in [0.25, 0.3) is 11.0 Å². The summed E-state index contributed by atoms with van der Waals surface area (Å²) in [6.45, 7) is 7.61. The summed E-state index contributed by atoms with van der Waals surface area (Å²) >= 11 is 0. The maximum atomic E-state index is 15.1. The number of carbonyl (C=O) groups excluding carboxylic acids is 1. The Kier molecular flexibility index (Phi) is 4.71. The van der Waals surface area contributed by atoms with E-state index < -0.39 is 5.82 Å². The van der Waals surface area contributed by atoms with Gasteiger partial charge in [-0.3, -0.25) is 4.79 Å². The monoisotopic (exact) mass is 335 g/mol. The SMILES string of the molecule is CCCNc1noc2c(F)c(N3C[C@@H](C)O[C@@H](C)C3)c(C=O)cc12. The minimum Gasteiger partial charge on any atom is -0.372 e. The van der Waals surface area contributed by atoms with Crippen LogP contribution in [0.2, 0.25) is 0 Å². The Labute approximate surface area is 139 Å². The van der Waals surface area contributed by atoms with Crippen LogP contribution in [0.3, 0.4) is 0 Å². The van der Waals surface area contributed by atoms with Crippen LogP contribution in [0, 0.1) is 5.82 Å². The lowest BCUT2D eigenvalue weighted by molar-refractivity contribution is -0.00543. The van der Waals surface area contributed by atoms with Crippen molar-refractivity contribution in [2.75, 3.05) is 29.9 Å². The molecule has 1 fully saturated rings. The van der Waals surface area contributed by atoms with Gasteiger partial charge in [-0.25, -0.2) is 4.39 Å². The molecule has 3 rings (SSSR count). The molecule has 2 heterocycles. The molecule has 1 saturated heterocycles. The van der Waals surface area contributed by atoms with Crippen LogP contribution in [0.1, 0.15) is 37.6 Å². The molecule has 6 nitrogen and oxygen atoms in total. The number of hydrogen-bond acceptors (Lipinski definition) is 6. The third kappa shape index (κ3) is 2.96. The molecule has 0 radical (unpaired) electrons. The minimum absolute atomic E-state index is 0.0418. The van der Waals surface area contributed by atoms with Gasteiger partial charge in [0, 0.05) is 25.2 Å². The molecule has 1 aliphatic rings. The number of aldehydes is 1. The molecular weight excluding hydrogens is 313 g/mol. The summed E-state index contributed by atoms with van der Waals surface area (Å²) in [5.41, 5.74) is 0.628. The Balaban J connectivity index is 2.08. The second-order valence-corrected chi connectivity index (χ2v) is 6.24. The highest BCUT2D eigenvalue weighted by Gasteiger charge is 2.29. The zero-order valence-electron chi connectivity index (χ0n) is 14.1. The lowest BCUT2D eigenvalue weighted by Gasteiger charge is -2.37. The van der Waals surface area contributed by atoms with Crippen LogP contribution >= 0.6 is 0 Å². The van der Waals surface area contributed by atoms with Gasteiger partial charge < -0.3 is 19.5 Å². The van der Waals surface area contributed by atoms with Crippen molar-refractivity contribution in [1.82, 2.24) is 5.16 Å². The van der Waals surface area contributed by atoms with Crippen LogP contribution in [-0.4, -0.2) is 43.3 Å². The van der Waals surface area contributed by atoms with E-state index in [2.05, 4.69) is 10.5 Å². The number of halogens is 1. The second kappa shape index (κ2) is 6.76. The van der Waals surface area contributed by atoms with Crippen LogP contribution in [0.15, 0.2) is 10.6 Å². The van der Waals surface area contributed by atoms with Gasteiger partial charge in [-0.2, -0.15) is 0 Å². The molecule has 1 aromatic heterocycles. The maximum Gasteiger partial charge on any atom is 0.206 e. The maximum absolute atomic E-state index is 15.1. The van der Waals surface area contributed by atoms with E-state index in [9.17, 15) is 4.79 Å². The quantitative estimate of drug-likeness (QED) is 0.846. The summed E-state index contributed by atoms with van der Waals surface area (Å²) in [7, 11) is 0. The molecule has 0 saturated carbocycles. The molecule has 0 amide bonds. The van der Waals surface area contributed by atoms with Crippen molar-refractivity contribution in [3.63, 3.8) is 0 Å². The van der Waals surface area contributed by atoms with Crippen molar-refractivity contribution < 1.29 is 18.4 Å². The Morgan fingerprint density at radius 2 is 2.12 bits per heavy atom. The van der Waals surface area contributed by atoms with Crippen molar-refractivity contribution >= 4 is 28.8 Å². The molecule has 0 aliphatic carbocycles. The first-order valence-electron chi connectivity index (χ1n) is 8.26. The van der Waals surface area contributed by atoms with Gasteiger partial charge in [0.2, 0.25) is 5.58 Å². The minimum atomic E-state index is -0.548. The molecule has 1 N–H and O–H groups in total. The predicted octanol–water partition coefficient (Wildman–Crippen LogP) is 3.21. The van der Waals surface area contributed by atoms with Crippen LogP contribution in [0.4, 0.5) is 15.9 Å². The van der Waals surface area contributed by atoms with E-state index >= 15 is 4.39 Å². The summed E-state index contributed by atoms with van der Waals surface area (Å²) in [4.78, 5) is 13.4. The number of hydrogen-bond donors (Lipinski definition) is 1. The van der Waals surface area contributed by atoms with Gasteiger partial charge in [0.05, 0.1) is 23.3 Å². The van der Waals surface area contributed by atoms with Crippen molar-refractivity contribution in [2.24, 2.45) is 0 Å². The number of anilines is 2. The molecule has 2 atom stereocenters. The number of ether oxygens (including phenoxy) is 1. The van der Waals surface area contributed by atoms with Gasteiger partial charge in [-0.05, 0) is 26.3 Å². The number of nitrogens with one attached hydrogen (secondary N) is 1. The van der Waals surface area contributed by atoms with Crippen LogP contribution in [0.5, 0.6) is 0 Å². The molecule has 130 valence electrons. The Morgan fingerprint density at radius 3 is 2.75 bits per heavy atom.